The maximum absolute atomic E-state index is 12.2. The lowest BCUT2D eigenvalue weighted by Gasteiger charge is -2.26. The van der Waals surface area contributed by atoms with Crippen molar-refractivity contribution in [3.63, 3.8) is 0 Å². The van der Waals surface area contributed by atoms with Gasteiger partial charge in [-0.25, -0.2) is 9.69 Å². The van der Waals surface area contributed by atoms with E-state index < -0.39 is 0 Å². The third-order valence-electron chi connectivity index (χ3n) is 4.13. The van der Waals surface area contributed by atoms with Crippen molar-refractivity contribution in [3.05, 3.63) is 40.7 Å². The number of rotatable bonds is 6. The molecule has 0 spiro atoms. The second-order valence-corrected chi connectivity index (χ2v) is 5.92. The van der Waals surface area contributed by atoms with Gasteiger partial charge in [0.1, 0.15) is 6.54 Å². The quantitative estimate of drug-likeness (QED) is 0.777. The number of amides is 1. The molecule has 1 saturated heterocycles. The molecular formula is C18H22N4O5. The van der Waals surface area contributed by atoms with Crippen LogP contribution in [0.4, 0.5) is 0 Å². The number of nitrogens with one attached hydrogen (secondary N) is 1. The molecule has 1 amide bonds. The summed E-state index contributed by atoms with van der Waals surface area (Å²) >= 11 is 0. The van der Waals surface area contributed by atoms with Crippen LogP contribution in [0.3, 0.4) is 0 Å². The molecule has 2 aromatic rings. The Balaban J connectivity index is 1.78. The standard InChI is InChI=1S/C18H22N4O5/c1-25-15-5-3-13(11-16(15)26-2)14-4-6-18(24)22(19-14)12-17(23)20-21-7-9-27-10-8-21/h3-6,11H,7-10,12H2,1-2H3,(H,20,23). The topological polar surface area (TPSA) is 94.9 Å². The van der Waals surface area contributed by atoms with Crippen LogP contribution in [0.1, 0.15) is 0 Å². The van der Waals surface area contributed by atoms with E-state index in [1.54, 1.807) is 37.4 Å². The van der Waals surface area contributed by atoms with Gasteiger partial charge >= 0.3 is 0 Å². The molecule has 0 saturated carbocycles. The van der Waals surface area contributed by atoms with Crippen LogP contribution in [-0.4, -0.2) is 61.2 Å². The van der Waals surface area contributed by atoms with Crippen molar-refractivity contribution in [1.29, 1.82) is 0 Å². The number of aromatic nitrogens is 2. The van der Waals surface area contributed by atoms with Gasteiger partial charge in [0.05, 0.1) is 33.1 Å². The first kappa shape index (κ1) is 18.9. The molecule has 1 aliphatic rings. The van der Waals surface area contributed by atoms with Gasteiger partial charge in [-0.05, 0) is 24.3 Å². The van der Waals surface area contributed by atoms with E-state index in [9.17, 15) is 9.59 Å². The number of carbonyl (C=O) groups excluding carboxylic acids is 1. The molecule has 1 aromatic heterocycles. The largest absolute Gasteiger partial charge is 0.493 e. The Morgan fingerprint density at radius 2 is 1.89 bits per heavy atom. The molecule has 0 atom stereocenters. The van der Waals surface area contributed by atoms with Crippen LogP contribution in [0.15, 0.2) is 35.1 Å². The lowest BCUT2D eigenvalue weighted by molar-refractivity contribution is -0.128. The Bertz CT molecular complexity index is 861. The minimum Gasteiger partial charge on any atom is -0.493 e. The molecule has 2 heterocycles. The highest BCUT2D eigenvalue weighted by molar-refractivity contribution is 5.75. The first-order valence-corrected chi connectivity index (χ1v) is 8.53. The molecule has 9 heteroatoms. The third-order valence-corrected chi connectivity index (χ3v) is 4.13. The van der Waals surface area contributed by atoms with Gasteiger partial charge < -0.3 is 14.2 Å². The zero-order valence-electron chi connectivity index (χ0n) is 15.3. The molecule has 0 radical (unpaired) electrons. The number of hydrogen-bond donors (Lipinski definition) is 1. The maximum atomic E-state index is 12.2. The Hall–Kier alpha value is -2.91. The van der Waals surface area contributed by atoms with Crippen LogP contribution in [0.2, 0.25) is 0 Å². The van der Waals surface area contributed by atoms with Crippen molar-refractivity contribution in [2.75, 3.05) is 40.5 Å². The minimum absolute atomic E-state index is 0.169. The molecule has 9 nitrogen and oxygen atoms in total. The van der Waals surface area contributed by atoms with E-state index in [4.69, 9.17) is 14.2 Å². The first-order valence-electron chi connectivity index (χ1n) is 8.53. The molecule has 0 aliphatic carbocycles. The second kappa shape index (κ2) is 8.65. The van der Waals surface area contributed by atoms with Gasteiger partial charge in [0.25, 0.3) is 11.5 Å². The Kier molecular flexibility index (Phi) is 6.05. The van der Waals surface area contributed by atoms with Gasteiger partial charge in [0, 0.05) is 24.7 Å². The van der Waals surface area contributed by atoms with Gasteiger partial charge in [-0.3, -0.25) is 15.0 Å². The SMILES string of the molecule is COc1ccc(-c2ccc(=O)n(CC(=O)NN3CCOCC3)n2)cc1OC. The van der Waals surface area contributed by atoms with Crippen molar-refractivity contribution in [2.24, 2.45) is 0 Å². The normalized spacial score (nSPS) is 14.6. The Morgan fingerprint density at radius 3 is 2.59 bits per heavy atom. The molecule has 3 rings (SSSR count). The van der Waals surface area contributed by atoms with Crippen LogP contribution in [-0.2, 0) is 16.1 Å². The van der Waals surface area contributed by atoms with Crippen molar-refractivity contribution >= 4 is 5.91 Å². The van der Waals surface area contributed by atoms with E-state index in [1.165, 1.54) is 6.07 Å². The summed E-state index contributed by atoms with van der Waals surface area (Å²) in [6, 6.07) is 8.34. The Morgan fingerprint density at radius 1 is 1.15 bits per heavy atom. The van der Waals surface area contributed by atoms with E-state index in [0.717, 1.165) is 10.2 Å². The average Bonchev–Trinajstić information content (AvgIpc) is 2.69. The number of morpholine rings is 1. The summed E-state index contributed by atoms with van der Waals surface area (Å²) < 4.78 is 16.9. The molecule has 144 valence electrons. The number of carbonyl (C=O) groups is 1. The lowest BCUT2D eigenvalue weighted by atomic mass is 10.1. The first-order chi connectivity index (χ1) is 13.1. The predicted molar refractivity (Wildman–Crippen MR) is 97.6 cm³/mol. The van der Waals surface area contributed by atoms with Crippen LogP contribution >= 0.6 is 0 Å². The van der Waals surface area contributed by atoms with Crippen molar-refractivity contribution < 1.29 is 19.0 Å². The average molecular weight is 374 g/mol. The summed E-state index contributed by atoms with van der Waals surface area (Å²) in [5.41, 5.74) is 3.71. The minimum atomic E-state index is -0.351. The Labute approximate surface area is 156 Å². The summed E-state index contributed by atoms with van der Waals surface area (Å²) in [6.07, 6.45) is 0. The molecule has 0 unspecified atom stereocenters. The summed E-state index contributed by atoms with van der Waals surface area (Å²) in [4.78, 5) is 24.3. The molecule has 1 aromatic carbocycles. The number of methoxy groups -OCH3 is 2. The van der Waals surface area contributed by atoms with E-state index in [0.29, 0.717) is 43.5 Å². The molecular weight excluding hydrogens is 352 g/mol. The number of hydrogen-bond acceptors (Lipinski definition) is 7. The summed E-state index contributed by atoms with van der Waals surface area (Å²) in [7, 11) is 3.11. The van der Waals surface area contributed by atoms with Crippen molar-refractivity contribution in [3.8, 4) is 22.8 Å². The monoisotopic (exact) mass is 374 g/mol. The molecule has 1 fully saturated rings. The molecule has 27 heavy (non-hydrogen) atoms. The lowest BCUT2D eigenvalue weighted by Crippen LogP contribution is -2.49. The van der Waals surface area contributed by atoms with Crippen molar-refractivity contribution in [2.45, 2.75) is 6.54 Å². The summed E-state index contributed by atoms with van der Waals surface area (Å²) in [5.74, 6) is 0.843. The maximum Gasteiger partial charge on any atom is 0.267 e. The molecule has 1 aliphatic heterocycles. The summed E-state index contributed by atoms with van der Waals surface area (Å²) in [6.45, 7) is 2.18. The third kappa shape index (κ3) is 4.63. The van der Waals surface area contributed by atoms with Gasteiger partial charge in [0.15, 0.2) is 11.5 Å². The number of hydrazine groups is 1. The number of benzene rings is 1. The highest BCUT2D eigenvalue weighted by Crippen LogP contribution is 2.31. The van der Waals surface area contributed by atoms with E-state index in [1.807, 2.05) is 6.07 Å². The molecule has 1 N–H and O–H groups in total. The number of nitrogens with zero attached hydrogens (tertiary/aromatic N) is 3. The van der Waals surface area contributed by atoms with Gasteiger partial charge in [0.2, 0.25) is 0 Å². The van der Waals surface area contributed by atoms with Crippen molar-refractivity contribution in [1.82, 2.24) is 20.2 Å². The fraction of sp³-hybridized carbons (Fsp3) is 0.389. The van der Waals surface area contributed by atoms with E-state index in [2.05, 4.69) is 10.5 Å². The summed E-state index contributed by atoms with van der Waals surface area (Å²) in [5, 5.41) is 6.08. The fourth-order valence-corrected chi connectivity index (χ4v) is 2.73. The zero-order chi connectivity index (χ0) is 19.2. The van der Waals surface area contributed by atoms with E-state index >= 15 is 0 Å². The van der Waals surface area contributed by atoms with Crippen LogP contribution in [0, 0.1) is 0 Å². The van der Waals surface area contributed by atoms with Crippen LogP contribution in [0.25, 0.3) is 11.3 Å². The van der Waals surface area contributed by atoms with Crippen LogP contribution in [0.5, 0.6) is 11.5 Å². The van der Waals surface area contributed by atoms with Gasteiger partial charge in [-0.1, -0.05) is 0 Å². The highest BCUT2D eigenvalue weighted by Gasteiger charge is 2.15. The molecule has 0 bridgehead atoms. The van der Waals surface area contributed by atoms with Crippen LogP contribution < -0.4 is 20.5 Å². The van der Waals surface area contributed by atoms with E-state index in [-0.39, 0.29) is 18.0 Å². The smallest absolute Gasteiger partial charge is 0.267 e. The fourth-order valence-electron chi connectivity index (χ4n) is 2.73. The predicted octanol–water partition coefficient (Wildman–Crippen LogP) is 0.291. The van der Waals surface area contributed by atoms with Gasteiger partial charge in [-0.2, -0.15) is 5.10 Å². The van der Waals surface area contributed by atoms with Gasteiger partial charge in [-0.15, -0.1) is 0 Å². The highest BCUT2D eigenvalue weighted by atomic mass is 16.5. The second-order valence-electron chi connectivity index (χ2n) is 5.92. The number of ether oxygens (including phenoxy) is 3. The zero-order valence-corrected chi connectivity index (χ0v) is 15.3.